The summed E-state index contributed by atoms with van der Waals surface area (Å²) in [7, 11) is 1.23. The number of alkyl carbamates (subject to hydrolysis) is 1. The number of rotatable bonds is 3. The predicted molar refractivity (Wildman–Crippen MR) is 93.1 cm³/mol. The minimum atomic E-state index is -0.938. The van der Waals surface area contributed by atoms with Crippen LogP contribution in [0, 0.1) is 11.8 Å². The molecule has 0 spiro atoms. The van der Waals surface area contributed by atoms with Crippen LogP contribution in [0.2, 0.25) is 10.0 Å². The van der Waals surface area contributed by atoms with Crippen molar-refractivity contribution < 1.29 is 19.1 Å². The Morgan fingerprint density at radius 1 is 1.21 bits per heavy atom. The molecule has 0 bridgehead atoms. The molecule has 0 fully saturated rings. The lowest BCUT2D eigenvalue weighted by Crippen LogP contribution is -2.43. The van der Waals surface area contributed by atoms with Crippen LogP contribution in [0.4, 0.5) is 4.79 Å². The summed E-state index contributed by atoms with van der Waals surface area (Å²) in [5.41, 5.74) is -0.0677. The number of halogens is 2. The largest absolute Gasteiger partial charge is 0.467 e. The number of benzene rings is 1. The van der Waals surface area contributed by atoms with Gasteiger partial charge in [0.25, 0.3) is 0 Å². The second-order valence-electron chi connectivity index (χ2n) is 5.89. The van der Waals surface area contributed by atoms with E-state index >= 15 is 0 Å². The summed E-state index contributed by atoms with van der Waals surface area (Å²) in [5, 5.41) is 3.37. The number of amides is 1. The molecule has 130 valence electrons. The summed E-state index contributed by atoms with van der Waals surface area (Å²) in [6.07, 6.45) is -0.665. The molecule has 7 heteroatoms. The van der Waals surface area contributed by atoms with Crippen LogP contribution in [0.15, 0.2) is 18.2 Å². The molecule has 1 aromatic carbocycles. The van der Waals surface area contributed by atoms with Gasteiger partial charge in [-0.15, -0.1) is 0 Å². The molecule has 0 aliphatic heterocycles. The summed E-state index contributed by atoms with van der Waals surface area (Å²) in [4.78, 5) is 23.5. The van der Waals surface area contributed by atoms with Crippen molar-refractivity contribution in [1.82, 2.24) is 5.32 Å². The predicted octanol–water partition coefficient (Wildman–Crippen LogP) is 3.80. The third-order valence-corrected chi connectivity index (χ3v) is 3.01. The Hall–Kier alpha value is -1.90. The van der Waals surface area contributed by atoms with Crippen molar-refractivity contribution in [3.63, 3.8) is 0 Å². The zero-order chi connectivity index (χ0) is 18.3. The Bertz CT molecular complexity index is 651. The molecular weight excluding hydrogens is 353 g/mol. The van der Waals surface area contributed by atoms with Gasteiger partial charge in [0, 0.05) is 22.0 Å². The molecule has 5 nitrogen and oxygen atoms in total. The number of carbonyl (C=O) groups is 2. The van der Waals surface area contributed by atoms with E-state index in [0.717, 1.165) is 0 Å². The van der Waals surface area contributed by atoms with Gasteiger partial charge in [0.2, 0.25) is 0 Å². The van der Waals surface area contributed by atoms with Gasteiger partial charge < -0.3 is 14.8 Å². The van der Waals surface area contributed by atoms with E-state index in [1.165, 1.54) is 7.11 Å². The van der Waals surface area contributed by atoms with Gasteiger partial charge in [-0.25, -0.2) is 9.59 Å². The molecule has 1 N–H and O–H groups in total. The van der Waals surface area contributed by atoms with E-state index in [9.17, 15) is 9.59 Å². The van der Waals surface area contributed by atoms with Crippen molar-refractivity contribution >= 4 is 35.3 Å². The first-order valence-corrected chi connectivity index (χ1v) is 7.88. The van der Waals surface area contributed by atoms with Crippen molar-refractivity contribution in [1.29, 1.82) is 0 Å². The van der Waals surface area contributed by atoms with Crippen LogP contribution in [0.5, 0.6) is 0 Å². The van der Waals surface area contributed by atoms with E-state index in [-0.39, 0.29) is 6.42 Å². The third-order valence-electron chi connectivity index (χ3n) is 2.58. The SMILES string of the molecule is COC(=O)C(CC#Cc1cc(Cl)cc(Cl)c1)NC(=O)OC(C)(C)C. The average Bonchev–Trinajstić information content (AvgIpc) is 2.42. The minimum Gasteiger partial charge on any atom is -0.467 e. The maximum Gasteiger partial charge on any atom is 0.408 e. The fourth-order valence-electron chi connectivity index (χ4n) is 1.67. The minimum absolute atomic E-state index is 0.0516. The number of ether oxygens (including phenoxy) is 2. The maximum absolute atomic E-state index is 11.8. The van der Waals surface area contributed by atoms with E-state index < -0.39 is 23.7 Å². The van der Waals surface area contributed by atoms with Crippen LogP contribution in [0.3, 0.4) is 0 Å². The van der Waals surface area contributed by atoms with Gasteiger partial charge in [-0.3, -0.25) is 0 Å². The van der Waals surface area contributed by atoms with Crippen LogP contribution in [-0.4, -0.2) is 30.8 Å². The smallest absolute Gasteiger partial charge is 0.408 e. The zero-order valence-electron chi connectivity index (χ0n) is 13.9. The van der Waals surface area contributed by atoms with E-state index in [2.05, 4.69) is 21.9 Å². The van der Waals surface area contributed by atoms with Crippen molar-refractivity contribution in [2.45, 2.75) is 38.8 Å². The molecule has 0 radical (unpaired) electrons. The normalized spacial score (nSPS) is 11.8. The first-order chi connectivity index (χ1) is 11.1. The van der Waals surface area contributed by atoms with Gasteiger partial charge in [0.1, 0.15) is 11.6 Å². The summed E-state index contributed by atoms with van der Waals surface area (Å²) in [6, 6.07) is 3.95. The van der Waals surface area contributed by atoms with Crippen molar-refractivity contribution in [2.24, 2.45) is 0 Å². The highest BCUT2D eigenvalue weighted by molar-refractivity contribution is 6.34. The fourth-order valence-corrected chi connectivity index (χ4v) is 2.19. The Morgan fingerprint density at radius 2 is 1.79 bits per heavy atom. The van der Waals surface area contributed by atoms with Gasteiger partial charge in [-0.05, 0) is 39.0 Å². The van der Waals surface area contributed by atoms with Gasteiger partial charge >= 0.3 is 12.1 Å². The number of hydrogen-bond acceptors (Lipinski definition) is 4. The number of nitrogens with one attached hydrogen (secondary N) is 1. The summed E-state index contributed by atoms with van der Waals surface area (Å²) < 4.78 is 9.78. The lowest BCUT2D eigenvalue weighted by molar-refractivity contribution is -0.143. The molecule has 0 saturated heterocycles. The highest BCUT2D eigenvalue weighted by Gasteiger charge is 2.24. The summed E-state index contributed by atoms with van der Waals surface area (Å²) in [6.45, 7) is 5.17. The van der Waals surface area contributed by atoms with Gasteiger partial charge in [-0.2, -0.15) is 0 Å². The number of hydrogen-bond donors (Lipinski definition) is 1. The van der Waals surface area contributed by atoms with Gasteiger partial charge in [-0.1, -0.05) is 35.0 Å². The highest BCUT2D eigenvalue weighted by atomic mass is 35.5. The van der Waals surface area contributed by atoms with Crippen LogP contribution in [-0.2, 0) is 14.3 Å². The number of methoxy groups -OCH3 is 1. The van der Waals surface area contributed by atoms with E-state index in [1.807, 2.05) is 0 Å². The Labute approximate surface area is 151 Å². The first kappa shape index (κ1) is 20.1. The quantitative estimate of drug-likeness (QED) is 0.648. The fraction of sp³-hybridized carbons (Fsp3) is 0.412. The highest BCUT2D eigenvalue weighted by Crippen LogP contribution is 2.18. The van der Waals surface area contributed by atoms with E-state index in [0.29, 0.717) is 15.6 Å². The van der Waals surface area contributed by atoms with Crippen LogP contribution >= 0.6 is 23.2 Å². The van der Waals surface area contributed by atoms with E-state index in [1.54, 1.807) is 39.0 Å². The molecule has 0 saturated carbocycles. The second-order valence-corrected chi connectivity index (χ2v) is 6.76. The summed E-state index contributed by atoms with van der Waals surface area (Å²) in [5.74, 6) is 5.03. The van der Waals surface area contributed by atoms with Crippen LogP contribution in [0.25, 0.3) is 0 Å². The molecule has 1 unspecified atom stereocenters. The lowest BCUT2D eigenvalue weighted by atomic mass is 10.2. The Morgan fingerprint density at radius 3 is 2.29 bits per heavy atom. The Kier molecular flexibility index (Phi) is 7.40. The molecular formula is C17H19Cl2NO4. The molecule has 0 aliphatic carbocycles. The molecule has 1 rings (SSSR count). The third kappa shape index (κ3) is 7.58. The van der Waals surface area contributed by atoms with Crippen molar-refractivity contribution in [2.75, 3.05) is 7.11 Å². The number of esters is 1. The molecule has 24 heavy (non-hydrogen) atoms. The number of carbonyl (C=O) groups excluding carboxylic acids is 2. The van der Waals surface area contributed by atoms with Crippen molar-refractivity contribution in [3.05, 3.63) is 33.8 Å². The molecule has 1 atom stereocenters. The standard InChI is InChI=1S/C17H19Cl2NO4/c1-17(2,3)24-16(22)20-14(15(21)23-4)7-5-6-11-8-12(18)10-13(19)9-11/h8-10,14H,7H2,1-4H3,(H,20,22). The monoisotopic (exact) mass is 371 g/mol. The van der Waals surface area contributed by atoms with E-state index in [4.69, 9.17) is 27.9 Å². The van der Waals surface area contributed by atoms with Gasteiger partial charge in [0.15, 0.2) is 0 Å². The van der Waals surface area contributed by atoms with Gasteiger partial charge in [0.05, 0.1) is 7.11 Å². The topological polar surface area (TPSA) is 64.6 Å². The summed E-state index contributed by atoms with van der Waals surface area (Å²) >= 11 is 11.8. The lowest BCUT2D eigenvalue weighted by Gasteiger charge is -2.21. The molecule has 0 aliphatic rings. The molecule has 0 aromatic heterocycles. The second kappa shape index (κ2) is 8.81. The zero-order valence-corrected chi connectivity index (χ0v) is 15.4. The molecule has 1 amide bonds. The Balaban J connectivity index is 2.79. The van der Waals surface area contributed by atoms with Crippen LogP contribution < -0.4 is 5.32 Å². The first-order valence-electron chi connectivity index (χ1n) is 7.13. The van der Waals surface area contributed by atoms with Crippen molar-refractivity contribution in [3.8, 4) is 11.8 Å². The maximum atomic E-state index is 11.8. The molecule has 1 aromatic rings. The van der Waals surface area contributed by atoms with Crippen LogP contribution in [0.1, 0.15) is 32.8 Å². The average molecular weight is 372 g/mol. The molecule has 0 heterocycles.